The summed E-state index contributed by atoms with van der Waals surface area (Å²) in [5.41, 5.74) is 0. The van der Waals surface area contributed by atoms with E-state index in [1.807, 2.05) is 0 Å². The molecule has 1 aromatic rings. The van der Waals surface area contributed by atoms with Crippen molar-refractivity contribution in [2.45, 2.75) is 25.5 Å². The van der Waals surface area contributed by atoms with Crippen LogP contribution in [0.1, 0.15) is 23.4 Å². The van der Waals surface area contributed by atoms with Gasteiger partial charge in [0, 0.05) is 19.2 Å². The van der Waals surface area contributed by atoms with Gasteiger partial charge in [-0.25, -0.2) is 8.42 Å². The second-order valence-electron chi connectivity index (χ2n) is 3.66. The molecule has 0 aromatic carbocycles. The first-order valence-corrected chi connectivity index (χ1v) is 8.08. The summed E-state index contributed by atoms with van der Waals surface area (Å²) in [6, 6.07) is 0. The van der Waals surface area contributed by atoms with Gasteiger partial charge in [0.1, 0.15) is 15.8 Å². The van der Waals surface area contributed by atoms with E-state index in [0.717, 1.165) is 30.9 Å². The van der Waals surface area contributed by atoms with Crippen LogP contribution < -0.4 is 5.32 Å². The molecule has 5 nitrogen and oxygen atoms in total. The third kappa shape index (κ3) is 5.53. The van der Waals surface area contributed by atoms with Crippen LogP contribution in [0.4, 0.5) is 0 Å². The minimum atomic E-state index is -3.00. The molecule has 1 rings (SSSR count). The number of aromatic nitrogens is 2. The van der Waals surface area contributed by atoms with Crippen LogP contribution in [-0.4, -0.2) is 38.0 Å². The van der Waals surface area contributed by atoms with Gasteiger partial charge in [0.25, 0.3) is 0 Å². The van der Waals surface area contributed by atoms with E-state index in [4.69, 9.17) is 0 Å². The van der Waals surface area contributed by atoms with Gasteiger partial charge in [-0.15, -0.1) is 21.5 Å². The number of sulfone groups is 1. The highest BCUT2D eigenvalue weighted by molar-refractivity contribution is 7.90. The summed E-state index contributed by atoms with van der Waals surface area (Å²) in [5.74, 6) is -0.00689. The van der Waals surface area contributed by atoms with E-state index >= 15 is 0 Å². The van der Waals surface area contributed by atoms with Crippen LogP contribution in [0.15, 0.2) is 0 Å². The molecule has 0 aliphatic heterocycles. The molecule has 0 atom stereocenters. The van der Waals surface area contributed by atoms with Crippen LogP contribution in [0.25, 0.3) is 0 Å². The Morgan fingerprint density at radius 2 is 1.94 bits per heavy atom. The lowest BCUT2D eigenvalue weighted by Gasteiger charge is -1.98. The van der Waals surface area contributed by atoms with Gasteiger partial charge in [0.2, 0.25) is 0 Å². The van der Waals surface area contributed by atoms with Gasteiger partial charge in [-0.1, -0.05) is 6.92 Å². The fourth-order valence-corrected chi connectivity index (χ4v) is 3.19. The van der Waals surface area contributed by atoms with Gasteiger partial charge >= 0.3 is 0 Å². The molecule has 0 aliphatic carbocycles. The van der Waals surface area contributed by atoms with Crippen molar-refractivity contribution in [2.24, 2.45) is 0 Å². The van der Waals surface area contributed by atoms with E-state index in [2.05, 4.69) is 22.4 Å². The van der Waals surface area contributed by atoms with Crippen LogP contribution >= 0.6 is 11.3 Å². The summed E-state index contributed by atoms with van der Waals surface area (Å²) in [6.45, 7) is 3.97. The Morgan fingerprint density at radius 1 is 1.25 bits per heavy atom. The highest BCUT2D eigenvalue weighted by Gasteiger charge is 2.10. The van der Waals surface area contributed by atoms with E-state index in [9.17, 15) is 8.42 Å². The van der Waals surface area contributed by atoms with Gasteiger partial charge in [0.05, 0.1) is 0 Å². The lowest BCUT2D eigenvalue weighted by molar-refractivity contribution is 0.600. The Morgan fingerprint density at radius 3 is 2.56 bits per heavy atom. The average Bonchev–Trinajstić information content (AvgIpc) is 2.58. The van der Waals surface area contributed by atoms with Crippen molar-refractivity contribution in [2.75, 3.05) is 19.3 Å². The fourth-order valence-electron chi connectivity index (χ4n) is 1.17. The number of nitrogens with zero attached hydrogens (tertiary/aromatic N) is 2. The molecule has 92 valence electrons. The maximum Gasteiger partial charge on any atom is 0.154 e. The zero-order valence-electron chi connectivity index (χ0n) is 9.56. The Hall–Kier alpha value is -0.530. The predicted molar refractivity (Wildman–Crippen MR) is 65.3 cm³/mol. The SMILES string of the molecule is CCCNCCc1nnc(CS(C)(=O)=O)s1. The molecule has 0 saturated carbocycles. The Bertz CT molecular complexity index is 414. The first kappa shape index (κ1) is 13.5. The molecule has 0 fully saturated rings. The second-order valence-corrected chi connectivity index (χ2v) is 6.95. The zero-order valence-corrected chi connectivity index (χ0v) is 11.2. The fraction of sp³-hybridized carbons (Fsp3) is 0.778. The van der Waals surface area contributed by atoms with Gasteiger partial charge in [-0.2, -0.15) is 0 Å². The van der Waals surface area contributed by atoms with Crippen molar-refractivity contribution in [1.29, 1.82) is 0 Å². The topological polar surface area (TPSA) is 72.0 Å². The van der Waals surface area contributed by atoms with E-state index in [-0.39, 0.29) is 5.75 Å². The summed E-state index contributed by atoms with van der Waals surface area (Å²) < 4.78 is 22.1. The van der Waals surface area contributed by atoms with E-state index < -0.39 is 9.84 Å². The molecule has 7 heteroatoms. The molecule has 0 bridgehead atoms. The van der Waals surface area contributed by atoms with E-state index in [1.165, 1.54) is 17.6 Å². The smallest absolute Gasteiger partial charge is 0.154 e. The third-order valence-corrected chi connectivity index (χ3v) is 3.80. The molecule has 1 aromatic heterocycles. The number of hydrogen-bond acceptors (Lipinski definition) is 6. The highest BCUT2D eigenvalue weighted by Crippen LogP contribution is 2.12. The Balaban J connectivity index is 2.40. The maximum atomic E-state index is 11.0. The summed E-state index contributed by atoms with van der Waals surface area (Å²) in [4.78, 5) is 0. The molecular formula is C9H17N3O2S2. The standard InChI is InChI=1S/C9H17N3O2S2/c1-3-5-10-6-4-8-11-12-9(15-8)7-16(2,13)14/h10H,3-7H2,1-2H3. The van der Waals surface area contributed by atoms with Crippen molar-refractivity contribution in [3.63, 3.8) is 0 Å². The lowest BCUT2D eigenvalue weighted by Crippen LogP contribution is -2.17. The second kappa shape index (κ2) is 6.27. The van der Waals surface area contributed by atoms with Crippen molar-refractivity contribution in [1.82, 2.24) is 15.5 Å². The maximum absolute atomic E-state index is 11.0. The van der Waals surface area contributed by atoms with Crippen LogP contribution in [0.2, 0.25) is 0 Å². The third-order valence-electron chi connectivity index (χ3n) is 1.84. The monoisotopic (exact) mass is 263 g/mol. The molecule has 0 aliphatic rings. The summed E-state index contributed by atoms with van der Waals surface area (Å²) in [5, 5.41) is 12.6. The number of nitrogens with one attached hydrogen (secondary N) is 1. The Labute approximate surface area is 100 Å². The van der Waals surface area contributed by atoms with E-state index in [0.29, 0.717) is 5.01 Å². The van der Waals surface area contributed by atoms with Gasteiger partial charge in [0.15, 0.2) is 9.84 Å². The average molecular weight is 263 g/mol. The molecule has 1 heterocycles. The molecule has 0 radical (unpaired) electrons. The van der Waals surface area contributed by atoms with Crippen LogP contribution in [-0.2, 0) is 22.0 Å². The first-order valence-electron chi connectivity index (χ1n) is 5.21. The van der Waals surface area contributed by atoms with E-state index in [1.54, 1.807) is 0 Å². The summed E-state index contributed by atoms with van der Waals surface area (Å²) in [6.07, 6.45) is 3.12. The molecule has 1 N–H and O–H groups in total. The minimum absolute atomic E-state index is 0.00689. The highest BCUT2D eigenvalue weighted by atomic mass is 32.2. The molecule has 0 unspecified atom stereocenters. The van der Waals surface area contributed by atoms with Crippen LogP contribution in [0.5, 0.6) is 0 Å². The van der Waals surface area contributed by atoms with Crippen LogP contribution in [0, 0.1) is 0 Å². The quantitative estimate of drug-likeness (QED) is 0.730. The lowest BCUT2D eigenvalue weighted by atomic mass is 10.4. The largest absolute Gasteiger partial charge is 0.316 e. The molecule has 16 heavy (non-hydrogen) atoms. The molecule has 0 saturated heterocycles. The minimum Gasteiger partial charge on any atom is -0.316 e. The van der Waals surface area contributed by atoms with Gasteiger partial charge in [-0.05, 0) is 13.0 Å². The number of hydrogen-bond donors (Lipinski definition) is 1. The van der Waals surface area contributed by atoms with Gasteiger partial charge in [-0.3, -0.25) is 0 Å². The van der Waals surface area contributed by atoms with Gasteiger partial charge < -0.3 is 5.32 Å². The van der Waals surface area contributed by atoms with Crippen molar-refractivity contribution >= 4 is 21.2 Å². The summed E-state index contributed by atoms with van der Waals surface area (Å²) >= 11 is 1.38. The van der Waals surface area contributed by atoms with Crippen molar-refractivity contribution in [3.05, 3.63) is 10.0 Å². The molecule has 0 spiro atoms. The first-order chi connectivity index (χ1) is 7.51. The normalized spacial score (nSPS) is 11.9. The summed E-state index contributed by atoms with van der Waals surface area (Å²) in [7, 11) is -3.00. The zero-order chi connectivity index (χ0) is 12.0. The van der Waals surface area contributed by atoms with Crippen molar-refractivity contribution < 1.29 is 8.42 Å². The van der Waals surface area contributed by atoms with Crippen LogP contribution in [0.3, 0.4) is 0 Å². The van der Waals surface area contributed by atoms with Crippen molar-refractivity contribution in [3.8, 4) is 0 Å². The number of rotatable bonds is 7. The molecular weight excluding hydrogens is 246 g/mol. The predicted octanol–water partition coefficient (Wildman–Crippen LogP) is 0.625. The molecule has 0 amide bonds. The Kier molecular flexibility index (Phi) is 5.30.